The summed E-state index contributed by atoms with van der Waals surface area (Å²) in [6.45, 7) is 1.94. The van der Waals surface area contributed by atoms with Crippen LogP contribution in [0.4, 0.5) is 0 Å². The smallest absolute Gasteiger partial charge is 0.297 e. The van der Waals surface area contributed by atoms with Crippen LogP contribution in [0.3, 0.4) is 0 Å². The maximum absolute atomic E-state index is 12.4. The summed E-state index contributed by atoms with van der Waals surface area (Å²) in [4.78, 5) is 1.67. The first-order chi connectivity index (χ1) is 9.87. The molecule has 0 aromatic heterocycles. The molecule has 0 aliphatic heterocycles. The van der Waals surface area contributed by atoms with Crippen molar-refractivity contribution in [2.45, 2.75) is 43.2 Å². The largest absolute Gasteiger partial charge is 0.337 e. The molecule has 2 bridgehead atoms. The summed E-state index contributed by atoms with van der Waals surface area (Å²) in [6, 6.07) is 7.41. The molecule has 0 heterocycles. The van der Waals surface area contributed by atoms with Gasteiger partial charge in [0.1, 0.15) is 0 Å². The van der Waals surface area contributed by atoms with E-state index in [0.29, 0.717) is 17.9 Å². The first-order valence-corrected chi connectivity index (χ1v) is 9.07. The minimum absolute atomic E-state index is 0.144. The van der Waals surface area contributed by atoms with Crippen LogP contribution >= 0.6 is 0 Å². The summed E-state index contributed by atoms with van der Waals surface area (Å²) < 4.78 is 30.4. The van der Waals surface area contributed by atoms with Gasteiger partial charge in [0.15, 0.2) is 0 Å². The fourth-order valence-electron chi connectivity index (χ4n) is 3.98. The van der Waals surface area contributed by atoms with Gasteiger partial charge in [0, 0.05) is 12.3 Å². The van der Waals surface area contributed by atoms with Crippen molar-refractivity contribution in [2.75, 3.05) is 14.1 Å². The quantitative estimate of drug-likeness (QED) is 0.845. The topological polar surface area (TPSA) is 47.8 Å². The second-order valence-corrected chi connectivity index (χ2v) is 8.39. The first kappa shape index (κ1) is 15.0. The molecule has 116 valence electrons. The highest BCUT2D eigenvalue weighted by Gasteiger charge is 2.51. The molecule has 2 saturated carbocycles. The van der Waals surface area contributed by atoms with Crippen LogP contribution in [0.5, 0.6) is 0 Å². The minimum Gasteiger partial charge on any atom is -0.337 e. The Morgan fingerprint density at radius 3 is 2.33 bits per heavy atom. The van der Waals surface area contributed by atoms with Crippen LogP contribution in [0.25, 0.3) is 0 Å². The Kier molecular flexibility index (Phi) is 3.84. The predicted octanol–water partition coefficient (Wildman–Crippen LogP) is 1.01. The zero-order valence-electron chi connectivity index (χ0n) is 12.9. The summed E-state index contributed by atoms with van der Waals surface area (Å²) in [5, 5.41) is 0. The molecule has 1 aromatic carbocycles. The predicted molar refractivity (Wildman–Crippen MR) is 80.7 cm³/mol. The lowest BCUT2D eigenvalue weighted by atomic mass is 9.92. The second-order valence-electron chi connectivity index (χ2n) is 6.82. The van der Waals surface area contributed by atoms with E-state index in [9.17, 15) is 8.42 Å². The number of hydrogen-bond acceptors (Lipinski definition) is 3. The van der Waals surface area contributed by atoms with Crippen LogP contribution < -0.4 is 4.90 Å². The number of quaternary nitrogens is 1. The molecule has 1 aromatic rings. The Hall–Kier alpha value is -0.910. The number of hydrogen-bond donors (Lipinski definition) is 1. The third-order valence-electron chi connectivity index (χ3n) is 5.05. The van der Waals surface area contributed by atoms with Gasteiger partial charge in [0.05, 0.1) is 31.1 Å². The number of rotatable bonds is 4. The fourth-order valence-corrected chi connectivity index (χ4v) is 5.11. The zero-order chi connectivity index (χ0) is 15.2. The first-order valence-electron chi connectivity index (χ1n) is 7.67. The van der Waals surface area contributed by atoms with Gasteiger partial charge in [-0.15, -0.1) is 0 Å². The van der Waals surface area contributed by atoms with E-state index < -0.39 is 10.1 Å². The van der Waals surface area contributed by atoms with Crippen molar-refractivity contribution in [3.63, 3.8) is 0 Å². The van der Waals surface area contributed by atoms with Gasteiger partial charge < -0.3 is 4.90 Å². The van der Waals surface area contributed by atoms with Gasteiger partial charge in [0.2, 0.25) is 0 Å². The van der Waals surface area contributed by atoms with Gasteiger partial charge in [-0.05, 0) is 37.8 Å². The lowest BCUT2D eigenvalue weighted by Crippen LogP contribution is -3.11. The minimum atomic E-state index is -3.64. The van der Waals surface area contributed by atoms with Crippen LogP contribution in [-0.4, -0.2) is 34.7 Å². The van der Waals surface area contributed by atoms with Gasteiger partial charge in [-0.25, -0.2) is 0 Å². The summed E-state index contributed by atoms with van der Waals surface area (Å²) in [5.41, 5.74) is 1.05. The average molecular weight is 310 g/mol. The third-order valence-corrected chi connectivity index (χ3v) is 6.40. The Morgan fingerprint density at radius 1 is 1.10 bits per heavy atom. The molecule has 2 aliphatic rings. The Labute approximate surface area is 127 Å². The van der Waals surface area contributed by atoms with Crippen LogP contribution in [0, 0.1) is 18.8 Å². The highest BCUT2D eigenvalue weighted by molar-refractivity contribution is 7.86. The van der Waals surface area contributed by atoms with Crippen molar-refractivity contribution in [3.8, 4) is 0 Å². The molecule has 0 amide bonds. The molecular weight excluding hydrogens is 286 g/mol. The summed E-state index contributed by atoms with van der Waals surface area (Å²) in [7, 11) is 0.658. The number of benzene rings is 1. The van der Waals surface area contributed by atoms with E-state index in [1.54, 1.807) is 12.1 Å². The van der Waals surface area contributed by atoms with Crippen molar-refractivity contribution < 1.29 is 17.5 Å². The maximum Gasteiger partial charge on any atom is 0.297 e. The van der Waals surface area contributed by atoms with Gasteiger partial charge in [-0.1, -0.05) is 17.7 Å². The molecule has 0 radical (unpaired) electrons. The van der Waals surface area contributed by atoms with E-state index in [1.165, 1.54) is 11.3 Å². The van der Waals surface area contributed by atoms with Crippen LogP contribution in [0.2, 0.25) is 0 Å². The van der Waals surface area contributed by atoms with Crippen molar-refractivity contribution in [1.82, 2.24) is 0 Å². The molecule has 2 fully saturated rings. The van der Waals surface area contributed by atoms with Gasteiger partial charge in [-0.3, -0.25) is 4.18 Å². The van der Waals surface area contributed by atoms with Gasteiger partial charge in [-0.2, -0.15) is 8.42 Å². The molecule has 0 spiro atoms. The molecule has 3 rings (SSSR count). The lowest BCUT2D eigenvalue weighted by Gasteiger charge is -2.30. The molecule has 1 N–H and O–H groups in total. The average Bonchev–Trinajstić information content (AvgIpc) is 2.98. The van der Waals surface area contributed by atoms with Gasteiger partial charge in [0.25, 0.3) is 10.1 Å². The fraction of sp³-hybridized carbons (Fsp3) is 0.625. The van der Waals surface area contributed by atoms with E-state index in [2.05, 4.69) is 14.1 Å². The van der Waals surface area contributed by atoms with Crippen LogP contribution in [0.15, 0.2) is 29.2 Å². The number of aryl methyl sites for hydroxylation is 1. The molecular formula is C16H24NO3S+. The summed E-state index contributed by atoms with van der Waals surface area (Å²) in [5.74, 6) is 1.01. The Balaban J connectivity index is 1.76. The summed E-state index contributed by atoms with van der Waals surface area (Å²) in [6.07, 6.45) is 3.07. The molecule has 4 nitrogen and oxygen atoms in total. The number of fused-ring (bicyclic) bond motifs is 2. The molecule has 4 atom stereocenters. The Morgan fingerprint density at radius 2 is 1.76 bits per heavy atom. The van der Waals surface area contributed by atoms with E-state index in [0.717, 1.165) is 18.4 Å². The SMILES string of the molecule is Cc1ccc(S(=O)(=O)O[C@H]2C[C@@H]3C[C@H]2[C@@H]([NH+](C)C)C3)cc1. The van der Waals surface area contributed by atoms with Crippen molar-refractivity contribution in [2.24, 2.45) is 11.8 Å². The molecule has 5 heteroatoms. The van der Waals surface area contributed by atoms with Crippen molar-refractivity contribution in [3.05, 3.63) is 29.8 Å². The van der Waals surface area contributed by atoms with Crippen molar-refractivity contribution >= 4 is 10.1 Å². The lowest BCUT2D eigenvalue weighted by molar-refractivity contribution is -0.890. The molecule has 0 saturated heterocycles. The van der Waals surface area contributed by atoms with E-state index in [-0.39, 0.29) is 11.0 Å². The van der Waals surface area contributed by atoms with Crippen molar-refractivity contribution in [1.29, 1.82) is 0 Å². The third kappa shape index (κ3) is 2.87. The molecule has 21 heavy (non-hydrogen) atoms. The van der Waals surface area contributed by atoms with E-state index >= 15 is 0 Å². The zero-order valence-corrected chi connectivity index (χ0v) is 13.7. The van der Waals surface area contributed by atoms with Crippen LogP contribution in [0.1, 0.15) is 24.8 Å². The second kappa shape index (κ2) is 5.38. The normalized spacial score (nSPS) is 32.0. The van der Waals surface area contributed by atoms with Crippen LogP contribution in [-0.2, 0) is 14.3 Å². The van der Waals surface area contributed by atoms with E-state index in [4.69, 9.17) is 4.18 Å². The maximum atomic E-state index is 12.4. The monoisotopic (exact) mass is 310 g/mol. The standard InChI is InChI=1S/C16H23NO3S/c1-11-4-6-13(7-5-11)21(18,19)20-16-10-12-8-14(16)15(9-12)17(2)3/h4-7,12,14-16H,8-10H2,1-3H3/p+1/t12-,14+,15+,16+/m1/s1. The molecule has 2 aliphatic carbocycles. The van der Waals surface area contributed by atoms with E-state index in [1.807, 2.05) is 19.1 Å². The highest BCUT2D eigenvalue weighted by atomic mass is 32.2. The van der Waals surface area contributed by atoms with Gasteiger partial charge >= 0.3 is 0 Å². The summed E-state index contributed by atoms with van der Waals surface area (Å²) >= 11 is 0. The Bertz CT molecular complexity index is 609. The number of nitrogens with one attached hydrogen (secondary N) is 1. The molecule has 0 unspecified atom stereocenters. The highest BCUT2D eigenvalue weighted by Crippen LogP contribution is 2.46.